The Balaban J connectivity index is 2.26. The normalized spacial score (nSPS) is 22.6. The van der Waals surface area contributed by atoms with Gasteiger partial charge in [-0.25, -0.2) is 4.39 Å². The molecular formula is C14H16FNO3. The van der Waals surface area contributed by atoms with Gasteiger partial charge in [0.25, 0.3) is 5.91 Å². The maximum Gasteiger partial charge on any atom is 0.308 e. The van der Waals surface area contributed by atoms with E-state index in [0.29, 0.717) is 24.1 Å². The van der Waals surface area contributed by atoms with E-state index < -0.39 is 17.7 Å². The Morgan fingerprint density at radius 1 is 1.42 bits per heavy atom. The van der Waals surface area contributed by atoms with Gasteiger partial charge < -0.3 is 10.0 Å². The molecule has 0 radical (unpaired) electrons. The van der Waals surface area contributed by atoms with Crippen LogP contribution in [0.25, 0.3) is 0 Å². The molecule has 19 heavy (non-hydrogen) atoms. The molecule has 1 aliphatic heterocycles. The second-order valence-electron chi connectivity index (χ2n) is 4.93. The van der Waals surface area contributed by atoms with Gasteiger partial charge in [0.15, 0.2) is 0 Å². The number of carboxylic acids is 1. The minimum absolute atomic E-state index is 0.298. The molecule has 0 saturated carbocycles. The molecule has 2 rings (SSSR count). The van der Waals surface area contributed by atoms with Gasteiger partial charge in [0.1, 0.15) is 5.82 Å². The summed E-state index contributed by atoms with van der Waals surface area (Å²) in [6, 6.07) is 3.70. The van der Waals surface area contributed by atoms with Crippen LogP contribution >= 0.6 is 0 Å². The van der Waals surface area contributed by atoms with Crippen LogP contribution in [0.3, 0.4) is 0 Å². The molecule has 2 unspecified atom stereocenters. The summed E-state index contributed by atoms with van der Waals surface area (Å²) in [7, 11) is 0. The van der Waals surface area contributed by atoms with Gasteiger partial charge in [-0.2, -0.15) is 0 Å². The summed E-state index contributed by atoms with van der Waals surface area (Å²) in [6.45, 7) is 3.85. The Hall–Kier alpha value is -1.91. The third kappa shape index (κ3) is 2.45. The lowest BCUT2D eigenvalue weighted by atomic mass is 10.0. The number of carbonyl (C=O) groups excluding carboxylic acids is 1. The van der Waals surface area contributed by atoms with Gasteiger partial charge in [0.05, 0.1) is 5.92 Å². The average molecular weight is 265 g/mol. The molecule has 102 valence electrons. The largest absolute Gasteiger partial charge is 0.481 e. The molecule has 5 heteroatoms. The molecule has 2 atom stereocenters. The van der Waals surface area contributed by atoms with Crippen LogP contribution in [0.15, 0.2) is 18.2 Å². The van der Waals surface area contributed by atoms with Crippen molar-refractivity contribution >= 4 is 11.9 Å². The monoisotopic (exact) mass is 265 g/mol. The SMILES string of the molecule is Cc1ccc(F)cc1C(=O)N1CCC(C(=O)O)C1C. The summed E-state index contributed by atoms with van der Waals surface area (Å²) in [4.78, 5) is 24.9. The van der Waals surface area contributed by atoms with Crippen LogP contribution in [0.1, 0.15) is 29.3 Å². The summed E-state index contributed by atoms with van der Waals surface area (Å²) in [6.07, 6.45) is 0.441. The topological polar surface area (TPSA) is 57.6 Å². The highest BCUT2D eigenvalue weighted by molar-refractivity contribution is 5.96. The molecule has 1 aromatic rings. The van der Waals surface area contributed by atoms with E-state index in [2.05, 4.69) is 0 Å². The third-order valence-corrected chi connectivity index (χ3v) is 3.76. The predicted octanol–water partition coefficient (Wildman–Crippen LogP) is 2.07. The lowest BCUT2D eigenvalue weighted by molar-refractivity contribution is -0.142. The number of amides is 1. The number of aliphatic carboxylic acids is 1. The lowest BCUT2D eigenvalue weighted by Gasteiger charge is -2.24. The molecule has 1 saturated heterocycles. The van der Waals surface area contributed by atoms with Crippen LogP contribution in [0.4, 0.5) is 4.39 Å². The van der Waals surface area contributed by atoms with E-state index in [0.717, 1.165) is 0 Å². The fourth-order valence-electron chi connectivity index (χ4n) is 2.54. The number of hydrogen-bond acceptors (Lipinski definition) is 2. The van der Waals surface area contributed by atoms with Crippen LogP contribution in [0.5, 0.6) is 0 Å². The van der Waals surface area contributed by atoms with E-state index in [1.165, 1.54) is 17.0 Å². The molecule has 4 nitrogen and oxygen atoms in total. The first-order valence-corrected chi connectivity index (χ1v) is 6.21. The van der Waals surface area contributed by atoms with Crippen molar-refractivity contribution < 1.29 is 19.1 Å². The Kier molecular flexibility index (Phi) is 3.55. The van der Waals surface area contributed by atoms with Crippen molar-refractivity contribution in [2.75, 3.05) is 6.54 Å². The standard InChI is InChI=1S/C14H16FNO3/c1-8-3-4-10(15)7-12(8)13(17)16-6-5-11(9(16)2)14(18)19/h3-4,7,9,11H,5-6H2,1-2H3,(H,18,19). The van der Waals surface area contributed by atoms with Crippen molar-refractivity contribution in [1.29, 1.82) is 0 Å². The Bertz CT molecular complexity index is 529. The summed E-state index contributed by atoms with van der Waals surface area (Å²) < 4.78 is 13.2. The van der Waals surface area contributed by atoms with Gasteiger partial charge >= 0.3 is 5.97 Å². The zero-order chi connectivity index (χ0) is 14.2. The second-order valence-corrected chi connectivity index (χ2v) is 4.93. The molecule has 1 aromatic carbocycles. The first-order chi connectivity index (χ1) is 8.91. The number of nitrogens with zero attached hydrogens (tertiary/aromatic N) is 1. The highest BCUT2D eigenvalue weighted by atomic mass is 19.1. The average Bonchev–Trinajstić information content (AvgIpc) is 2.73. The quantitative estimate of drug-likeness (QED) is 0.890. The van der Waals surface area contributed by atoms with Crippen LogP contribution in [0, 0.1) is 18.7 Å². The fourth-order valence-corrected chi connectivity index (χ4v) is 2.54. The van der Waals surface area contributed by atoms with Crippen LogP contribution in [0.2, 0.25) is 0 Å². The number of hydrogen-bond donors (Lipinski definition) is 1. The number of carbonyl (C=O) groups is 2. The van der Waals surface area contributed by atoms with Gasteiger partial charge in [-0.15, -0.1) is 0 Å². The van der Waals surface area contributed by atoms with E-state index in [-0.39, 0.29) is 11.9 Å². The van der Waals surface area contributed by atoms with Crippen molar-refractivity contribution in [3.05, 3.63) is 35.1 Å². The van der Waals surface area contributed by atoms with Gasteiger partial charge in [-0.3, -0.25) is 9.59 Å². The maximum absolute atomic E-state index is 13.2. The number of likely N-dealkylation sites (tertiary alicyclic amines) is 1. The first-order valence-electron chi connectivity index (χ1n) is 6.21. The van der Waals surface area contributed by atoms with E-state index in [9.17, 15) is 14.0 Å². The Morgan fingerprint density at radius 2 is 2.11 bits per heavy atom. The molecule has 0 aliphatic carbocycles. The maximum atomic E-state index is 13.2. The number of benzene rings is 1. The van der Waals surface area contributed by atoms with Crippen molar-refractivity contribution in [2.24, 2.45) is 5.92 Å². The first kappa shape index (κ1) is 13.5. The Labute approximate surface area is 110 Å². The van der Waals surface area contributed by atoms with Gasteiger partial charge in [-0.1, -0.05) is 6.07 Å². The molecular weight excluding hydrogens is 249 g/mol. The number of carboxylic acid groups (broad SMARTS) is 1. The second kappa shape index (κ2) is 4.99. The van der Waals surface area contributed by atoms with E-state index in [1.807, 2.05) is 0 Å². The molecule has 0 spiro atoms. The molecule has 1 aliphatic rings. The summed E-state index contributed by atoms with van der Waals surface area (Å²) >= 11 is 0. The third-order valence-electron chi connectivity index (χ3n) is 3.76. The van der Waals surface area contributed by atoms with Crippen LogP contribution in [-0.4, -0.2) is 34.5 Å². The van der Waals surface area contributed by atoms with Crippen molar-refractivity contribution in [3.63, 3.8) is 0 Å². The van der Waals surface area contributed by atoms with Crippen LogP contribution < -0.4 is 0 Å². The van der Waals surface area contributed by atoms with Crippen molar-refractivity contribution in [1.82, 2.24) is 4.90 Å². The van der Waals surface area contributed by atoms with Crippen molar-refractivity contribution in [3.8, 4) is 0 Å². The van der Waals surface area contributed by atoms with Gasteiger partial charge in [0, 0.05) is 18.2 Å². The predicted molar refractivity (Wildman–Crippen MR) is 67.4 cm³/mol. The number of halogens is 1. The molecule has 0 aromatic heterocycles. The highest BCUT2D eigenvalue weighted by Gasteiger charge is 2.38. The molecule has 1 amide bonds. The van der Waals surface area contributed by atoms with Gasteiger partial charge in [-0.05, 0) is 38.0 Å². The molecule has 1 fully saturated rings. The minimum atomic E-state index is -0.890. The van der Waals surface area contributed by atoms with Crippen LogP contribution in [-0.2, 0) is 4.79 Å². The van der Waals surface area contributed by atoms with Crippen molar-refractivity contribution in [2.45, 2.75) is 26.3 Å². The zero-order valence-corrected chi connectivity index (χ0v) is 10.9. The zero-order valence-electron chi connectivity index (χ0n) is 10.9. The fraction of sp³-hybridized carbons (Fsp3) is 0.429. The highest BCUT2D eigenvalue weighted by Crippen LogP contribution is 2.27. The molecule has 1 heterocycles. The summed E-state index contributed by atoms with van der Waals surface area (Å²) in [5.41, 5.74) is 0.996. The van der Waals surface area contributed by atoms with E-state index in [4.69, 9.17) is 5.11 Å². The minimum Gasteiger partial charge on any atom is -0.481 e. The smallest absolute Gasteiger partial charge is 0.308 e. The van der Waals surface area contributed by atoms with Gasteiger partial charge in [0.2, 0.25) is 0 Å². The van der Waals surface area contributed by atoms with E-state index in [1.54, 1.807) is 19.9 Å². The Morgan fingerprint density at radius 3 is 2.68 bits per heavy atom. The number of aryl methyl sites for hydroxylation is 1. The molecule has 1 N–H and O–H groups in total. The van der Waals surface area contributed by atoms with E-state index >= 15 is 0 Å². The summed E-state index contributed by atoms with van der Waals surface area (Å²) in [5, 5.41) is 9.05. The number of rotatable bonds is 2. The summed E-state index contributed by atoms with van der Waals surface area (Å²) in [5.74, 6) is -2.19. The lowest BCUT2D eigenvalue weighted by Crippen LogP contribution is -2.38. The molecule has 0 bridgehead atoms.